The molecule has 0 saturated heterocycles. The van der Waals surface area contributed by atoms with Gasteiger partial charge >= 0.3 is 5.97 Å². The summed E-state index contributed by atoms with van der Waals surface area (Å²) in [4.78, 5) is 12.1. The third kappa shape index (κ3) is 4.61. The average molecular weight is 324 g/mol. The maximum Gasteiger partial charge on any atom is 0.308 e. The van der Waals surface area contributed by atoms with Crippen molar-refractivity contribution in [2.24, 2.45) is 0 Å². The maximum atomic E-state index is 11.3. The maximum absolute atomic E-state index is 11.3. The number of esters is 1. The second-order valence-corrected chi connectivity index (χ2v) is 4.69. The highest BCUT2D eigenvalue weighted by molar-refractivity contribution is 9.10. The number of methoxy groups -OCH3 is 1. The predicted molar refractivity (Wildman–Crippen MR) is 67.3 cm³/mol. The summed E-state index contributed by atoms with van der Waals surface area (Å²) in [6.07, 6.45) is 0.265. The SMILES string of the molecule is CCOCCC(=O)OCc1snc(OC)c1Br. The lowest BCUT2D eigenvalue weighted by Crippen LogP contribution is -2.08. The smallest absolute Gasteiger partial charge is 0.308 e. The molecule has 0 unspecified atom stereocenters. The Labute approximate surface area is 112 Å². The van der Waals surface area contributed by atoms with Crippen molar-refractivity contribution in [3.8, 4) is 5.88 Å². The fourth-order valence-electron chi connectivity index (χ4n) is 1.03. The van der Waals surface area contributed by atoms with Crippen LogP contribution in [0.15, 0.2) is 4.47 Å². The number of hydrogen-bond donors (Lipinski definition) is 0. The van der Waals surface area contributed by atoms with E-state index in [1.807, 2.05) is 6.92 Å². The van der Waals surface area contributed by atoms with Crippen molar-refractivity contribution in [1.82, 2.24) is 4.37 Å². The second-order valence-electron chi connectivity index (χ2n) is 3.04. The molecule has 0 aliphatic carbocycles. The number of aromatic nitrogens is 1. The first-order valence-corrected chi connectivity index (χ1v) is 6.67. The first-order valence-electron chi connectivity index (χ1n) is 5.10. The fourth-order valence-corrected chi connectivity index (χ4v) is 2.37. The zero-order chi connectivity index (χ0) is 12.7. The highest BCUT2D eigenvalue weighted by atomic mass is 79.9. The molecule has 0 saturated carbocycles. The number of carbonyl (C=O) groups excluding carboxylic acids is 1. The molecule has 96 valence electrons. The molecule has 0 radical (unpaired) electrons. The summed E-state index contributed by atoms with van der Waals surface area (Å²) in [6, 6.07) is 0. The topological polar surface area (TPSA) is 57.7 Å². The molecule has 0 aromatic carbocycles. The Balaban J connectivity index is 2.34. The second kappa shape index (κ2) is 7.62. The predicted octanol–water partition coefficient (Wildman–Crippen LogP) is 2.38. The molecule has 0 atom stereocenters. The Morgan fingerprint density at radius 3 is 2.88 bits per heavy atom. The quantitative estimate of drug-likeness (QED) is 0.569. The number of rotatable bonds is 7. The van der Waals surface area contributed by atoms with E-state index < -0.39 is 0 Å². The first-order chi connectivity index (χ1) is 8.19. The van der Waals surface area contributed by atoms with Crippen LogP contribution in [0.25, 0.3) is 0 Å². The van der Waals surface area contributed by atoms with Gasteiger partial charge in [-0.1, -0.05) is 0 Å². The third-order valence-corrected chi connectivity index (χ3v) is 3.76. The van der Waals surface area contributed by atoms with Gasteiger partial charge in [0.15, 0.2) is 0 Å². The molecule has 0 aliphatic heterocycles. The van der Waals surface area contributed by atoms with Crippen LogP contribution in [-0.2, 0) is 20.9 Å². The monoisotopic (exact) mass is 323 g/mol. The van der Waals surface area contributed by atoms with Crippen molar-refractivity contribution in [2.45, 2.75) is 20.0 Å². The molecule has 5 nitrogen and oxygen atoms in total. The van der Waals surface area contributed by atoms with Gasteiger partial charge in [-0.15, -0.1) is 0 Å². The molecule has 7 heteroatoms. The molecule has 0 aliphatic rings. The number of ether oxygens (including phenoxy) is 3. The van der Waals surface area contributed by atoms with E-state index in [1.54, 1.807) is 0 Å². The Hall–Kier alpha value is -0.660. The van der Waals surface area contributed by atoms with Gasteiger partial charge in [0, 0.05) is 6.61 Å². The average Bonchev–Trinajstić information content (AvgIpc) is 2.68. The first kappa shape index (κ1) is 14.4. The van der Waals surface area contributed by atoms with Crippen LogP contribution in [0.3, 0.4) is 0 Å². The van der Waals surface area contributed by atoms with Gasteiger partial charge in [0.2, 0.25) is 5.88 Å². The summed E-state index contributed by atoms with van der Waals surface area (Å²) < 4.78 is 19.9. The molecule has 0 bridgehead atoms. The van der Waals surface area contributed by atoms with Gasteiger partial charge in [0.1, 0.15) is 6.61 Å². The zero-order valence-corrected chi connectivity index (χ0v) is 12.1. The van der Waals surface area contributed by atoms with Crippen LogP contribution < -0.4 is 4.74 Å². The zero-order valence-electron chi connectivity index (χ0n) is 9.69. The van der Waals surface area contributed by atoms with Crippen molar-refractivity contribution in [3.63, 3.8) is 0 Å². The van der Waals surface area contributed by atoms with Crippen molar-refractivity contribution in [2.75, 3.05) is 20.3 Å². The highest BCUT2D eigenvalue weighted by Gasteiger charge is 2.13. The van der Waals surface area contributed by atoms with Crippen LogP contribution in [0, 0.1) is 0 Å². The van der Waals surface area contributed by atoms with Crippen LogP contribution in [-0.4, -0.2) is 30.7 Å². The summed E-state index contributed by atoms with van der Waals surface area (Å²) in [5, 5.41) is 0. The Morgan fingerprint density at radius 2 is 2.29 bits per heavy atom. The van der Waals surface area contributed by atoms with Crippen LogP contribution in [0.4, 0.5) is 0 Å². The van der Waals surface area contributed by atoms with Crippen LogP contribution in [0.2, 0.25) is 0 Å². The highest BCUT2D eigenvalue weighted by Crippen LogP contribution is 2.31. The molecular formula is C10H14BrNO4S. The van der Waals surface area contributed by atoms with E-state index in [9.17, 15) is 4.79 Å². The van der Waals surface area contributed by atoms with Gasteiger partial charge in [-0.2, -0.15) is 4.37 Å². The van der Waals surface area contributed by atoms with Gasteiger partial charge in [-0.3, -0.25) is 4.79 Å². The standard InChI is InChI=1S/C10H14BrNO4S/c1-3-15-5-4-8(13)16-6-7-9(11)10(14-2)12-17-7/h3-6H2,1-2H3. The lowest BCUT2D eigenvalue weighted by Gasteiger charge is -2.03. The fraction of sp³-hybridized carbons (Fsp3) is 0.600. The van der Waals surface area contributed by atoms with Crippen molar-refractivity contribution < 1.29 is 19.0 Å². The van der Waals surface area contributed by atoms with Gasteiger partial charge in [0.25, 0.3) is 0 Å². The molecule has 1 rings (SSSR count). The van der Waals surface area contributed by atoms with Gasteiger partial charge in [0.05, 0.1) is 29.5 Å². The largest absolute Gasteiger partial charge is 0.480 e. The Morgan fingerprint density at radius 1 is 1.53 bits per heavy atom. The minimum absolute atomic E-state index is 0.201. The summed E-state index contributed by atoms with van der Waals surface area (Å²) in [5.74, 6) is 0.230. The van der Waals surface area contributed by atoms with E-state index in [1.165, 1.54) is 18.6 Å². The third-order valence-electron chi connectivity index (χ3n) is 1.88. The minimum Gasteiger partial charge on any atom is -0.480 e. The van der Waals surface area contributed by atoms with Gasteiger partial charge < -0.3 is 14.2 Å². The van der Waals surface area contributed by atoms with E-state index in [0.29, 0.717) is 19.1 Å². The van der Waals surface area contributed by atoms with Crippen LogP contribution in [0.1, 0.15) is 18.2 Å². The molecule has 1 heterocycles. The normalized spacial score (nSPS) is 10.3. The van der Waals surface area contributed by atoms with E-state index in [0.717, 1.165) is 9.35 Å². The number of nitrogens with zero attached hydrogens (tertiary/aromatic N) is 1. The molecular weight excluding hydrogens is 310 g/mol. The van der Waals surface area contributed by atoms with E-state index in [2.05, 4.69) is 20.3 Å². The number of carbonyl (C=O) groups is 1. The molecule has 0 N–H and O–H groups in total. The molecule has 1 aromatic rings. The van der Waals surface area contributed by atoms with Crippen LogP contribution >= 0.6 is 27.5 Å². The lowest BCUT2D eigenvalue weighted by atomic mass is 10.4. The number of hydrogen-bond acceptors (Lipinski definition) is 6. The van der Waals surface area contributed by atoms with Gasteiger partial charge in [-0.25, -0.2) is 0 Å². The molecule has 0 spiro atoms. The molecule has 17 heavy (non-hydrogen) atoms. The molecule has 0 amide bonds. The summed E-state index contributed by atoms with van der Waals surface area (Å²) in [5.41, 5.74) is 0. The van der Waals surface area contributed by atoms with Crippen molar-refractivity contribution in [3.05, 3.63) is 9.35 Å². The van der Waals surface area contributed by atoms with Gasteiger partial charge in [-0.05, 0) is 34.4 Å². The van der Waals surface area contributed by atoms with E-state index in [-0.39, 0.29) is 19.0 Å². The van der Waals surface area contributed by atoms with Crippen molar-refractivity contribution >= 4 is 33.4 Å². The van der Waals surface area contributed by atoms with Crippen molar-refractivity contribution in [1.29, 1.82) is 0 Å². The molecule has 1 aromatic heterocycles. The Bertz CT molecular complexity index is 369. The summed E-state index contributed by atoms with van der Waals surface area (Å²) >= 11 is 4.57. The molecule has 0 fully saturated rings. The Kier molecular flexibility index (Phi) is 6.46. The van der Waals surface area contributed by atoms with E-state index >= 15 is 0 Å². The summed E-state index contributed by atoms with van der Waals surface area (Å²) in [7, 11) is 1.54. The minimum atomic E-state index is -0.280. The summed E-state index contributed by atoms with van der Waals surface area (Å²) in [6.45, 7) is 3.08. The van der Waals surface area contributed by atoms with E-state index in [4.69, 9.17) is 14.2 Å². The number of halogens is 1. The van der Waals surface area contributed by atoms with Crippen LogP contribution in [0.5, 0.6) is 5.88 Å². The lowest BCUT2D eigenvalue weighted by molar-refractivity contribution is -0.146.